The maximum atomic E-state index is 12.6. The van der Waals surface area contributed by atoms with E-state index in [1.54, 1.807) is 24.3 Å². The van der Waals surface area contributed by atoms with Crippen LogP contribution in [-0.4, -0.2) is 25.1 Å². The molecule has 0 saturated carbocycles. The van der Waals surface area contributed by atoms with Gasteiger partial charge in [0.15, 0.2) is 6.61 Å². The number of rotatable bonds is 10. The summed E-state index contributed by atoms with van der Waals surface area (Å²) in [6, 6.07) is 12.8. The lowest BCUT2D eigenvalue weighted by atomic mass is 10.0. The Morgan fingerprint density at radius 3 is 2.14 bits per heavy atom. The molecule has 0 fully saturated rings. The Bertz CT molecular complexity index is 761. The highest BCUT2D eigenvalue weighted by Crippen LogP contribution is 2.23. The van der Waals surface area contributed by atoms with E-state index in [2.05, 4.69) is 19.2 Å². The van der Waals surface area contributed by atoms with E-state index in [0.29, 0.717) is 17.9 Å². The molecule has 2 rings (SSSR count). The molecule has 0 heterocycles. The number of carbonyl (C=O) groups excluding carboxylic acids is 2. The molecule has 0 unspecified atom stereocenters. The molecular weight excluding hydrogens is 354 g/mol. The minimum Gasteiger partial charge on any atom is -0.482 e. The van der Waals surface area contributed by atoms with Gasteiger partial charge in [0.25, 0.3) is 5.91 Å². The van der Waals surface area contributed by atoms with Gasteiger partial charge in [0.05, 0.1) is 6.61 Å². The lowest BCUT2D eigenvalue weighted by Crippen LogP contribution is -2.16. The molecule has 0 spiro atoms. The molecule has 28 heavy (non-hydrogen) atoms. The van der Waals surface area contributed by atoms with Crippen molar-refractivity contribution in [2.45, 2.75) is 46.5 Å². The van der Waals surface area contributed by atoms with Crippen molar-refractivity contribution in [1.82, 2.24) is 0 Å². The normalized spacial score (nSPS) is 10.4. The van der Waals surface area contributed by atoms with E-state index in [1.165, 1.54) is 0 Å². The molecule has 150 valence electrons. The van der Waals surface area contributed by atoms with Gasteiger partial charge in [-0.1, -0.05) is 45.4 Å². The average molecular weight is 383 g/mol. The first-order chi connectivity index (χ1) is 13.6. The quantitative estimate of drug-likeness (QED) is 0.473. The predicted octanol–water partition coefficient (Wildman–Crippen LogP) is 4.79. The summed E-state index contributed by atoms with van der Waals surface area (Å²) in [4.78, 5) is 24.2. The summed E-state index contributed by atoms with van der Waals surface area (Å²) >= 11 is 0. The molecule has 2 aromatic rings. The number of anilines is 1. The third-order valence-electron chi connectivity index (χ3n) is 4.47. The van der Waals surface area contributed by atoms with Crippen molar-refractivity contribution >= 4 is 17.6 Å². The van der Waals surface area contributed by atoms with Crippen molar-refractivity contribution in [3.05, 3.63) is 59.2 Å². The van der Waals surface area contributed by atoms with Gasteiger partial charge in [-0.25, -0.2) is 4.79 Å². The SMILES string of the molecule is CCCCOC(=O)COc1ccc(C(=O)Nc2c(CC)cccc2CC)cc1. The highest BCUT2D eigenvalue weighted by Gasteiger charge is 2.12. The number of amides is 1. The van der Waals surface area contributed by atoms with E-state index in [-0.39, 0.29) is 12.5 Å². The molecule has 0 aromatic heterocycles. The zero-order chi connectivity index (χ0) is 20.4. The Morgan fingerprint density at radius 2 is 1.57 bits per heavy atom. The van der Waals surface area contributed by atoms with Gasteiger partial charge >= 0.3 is 5.97 Å². The molecule has 0 bridgehead atoms. The lowest BCUT2D eigenvalue weighted by Gasteiger charge is -2.14. The number of hydrogen-bond donors (Lipinski definition) is 1. The van der Waals surface area contributed by atoms with Gasteiger partial charge < -0.3 is 14.8 Å². The first-order valence-corrected chi connectivity index (χ1v) is 9.89. The van der Waals surface area contributed by atoms with Crippen molar-refractivity contribution in [1.29, 1.82) is 0 Å². The van der Waals surface area contributed by atoms with Crippen LogP contribution in [-0.2, 0) is 22.4 Å². The molecule has 0 saturated heterocycles. The minimum atomic E-state index is -0.390. The summed E-state index contributed by atoms with van der Waals surface area (Å²) < 4.78 is 10.5. The van der Waals surface area contributed by atoms with Crippen molar-refractivity contribution in [3.8, 4) is 5.75 Å². The van der Waals surface area contributed by atoms with Crippen molar-refractivity contribution in [2.75, 3.05) is 18.5 Å². The standard InChI is InChI=1S/C23H29NO4/c1-4-7-15-27-21(25)16-28-20-13-11-19(12-14-20)23(26)24-22-17(5-2)9-8-10-18(22)6-3/h8-14H,4-7,15-16H2,1-3H3,(H,24,26). The fourth-order valence-corrected chi connectivity index (χ4v) is 2.81. The van der Waals surface area contributed by atoms with Crippen LogP contribution in [0.1, 0.15) is 55.1 Å². The highest BCUT2D eigenvalue weighted by atomic mass is 16.6. The molecule has 1 N–H and O–H groups in total. The summed E-state index contributed by atoms with van der Waals surface area (Å²) in [5.74, 6) is -0.0353. The third kappa shape index (κ3) is 6.12. The van der Waals surface area contributed by atoms with Gasteiger partial charge in [0, 0.05) is 11.3 Å². The van der Waals surface area contributed by atoms with Crippen LogP contribution in [0.4, 0.5) is 5.69 Å². The molecule has 1 amide bonds. The van der Waals surface area contributed by atoms with E-state index >= 15 is 0 Å². The zero-order valence-electron chi connectivity index (χ0n) is 16.9. The van der Waals surface area contributed by atoms with Crippen LogP contribution in [0, 0.1) is 0 Å². The van der Waals surface area contributed by atoms with E-state index in [9.17, 15) is 9.59 Å². The van der Waals surface area contributed by atoms with Crippen LogP contribution >= 0.6 is 0 Å². The molecule has 0 radical (unpaired) electrons. The number of aryl methyl sites for hydroxylation is 2. The van der Waals surface area contributed by atoms with Gasteiger partial charge in [0.1, 0.15) is 5.75 Å². The van der Waals surface area contributed by atoms with E-state index < -0.39 is 5.97 Å². The smallest absolute Gasteiger partial charge is 0.344 e. The monoisotopic (exact) mass is 383 g/mol. The Hall–Kier alpha value is -2.82. The lowest BCUT2D eigenvalue weighted by molar-refractivity contribution is -0.146. The first kappa shape index (κ1) is 21.5. The summed E-state index contributed by atoms with van der Waals surface area (Å²) in [7, 11) is 0. The number of hydrogen-bond acceptors (Lipinski definition) is 4. The maximum Gasteiger partial charge on any atom is 0.344 e. The molecule has 5 heteroatoms. The van der Waals surface area contributed by atoms with E-state index in [1.807, 2.05) is 25.1 Å². The molecule has 2 aromatic carbocycles. The molecule has 5 nitrogen and oxygen atoms in total. The Labute approximate surface area is 167 Å². The number of benzene rings is 2. The van der Waals surface area contributed by atoms with E-state index in [0.717, 1.165) is 42.5 Å². The molecule has 0 atom stereocenters. The second-order valence-corrected chi connectivity index (χ2v) is 6.50. The predicted molar refractivity (Wildman–Crippen MR) is 111 cm³/mol. The van der Waals surface area contributed by atoms with Crippen LogP contribution in [0.5, 0.6) is 5.75 Å². The summed E-state index contributed by atoms with van der Waals surface area (Å²) in [6.07, 6.45) is 3.52. The topological polar surface area (TPSA) is 64.6 Å². The van der Waals surface area contributed by atoms with Crippen LogP contribution < -0.4 is 10.1 Å². The average Bonchev–Trinajstić information content (AvgIpc) is 2.72. The Kier molecular flexibility index (Phi) is 8.53. The Morgan fingerprint density at radius 1 is 0.929 bits per heavy atom. The first-order valence-electron chi connectivity index (χ1n) is 9.89. The minimum absolute atomic E-state index is 0.140. The number of carbonyl (C=O) groups is 2. The Balaban J connectivity index is 1.96. The summed E-state index contributed by atoms with van der Waals surface area (Å²) in [5, 5.41) is 3.04. The molecular formula is C23H29NO4. The van der Waals surface area contributed by atoms with Gasteiger partial charge in [0.2, 0.25) is 0 Å². The van der Waals surface area contributed by atoms with Crippen LogP contribution in [0.2, 0.25) is 0 Å². The molecule has 0 aliphatic heterocycles. The highest BCUT2D eigenvalue weighted by molar-refractivity contribution is 6.05. The number of unbranched alkanes of at least 4 members (excludes halogenated alkanes) is 1. The van der Waals surface area contributed by atoms with Crippen molar-refractivity contribution in [3.63, 3.8) is 0 Å². The number of nitrogens with one attached hydrogen (secondary N) is 1. The van der Waals surface area contributed by atoms with Crippen molar-refractivity contribution < 1.29 is 19.1 Å². The van der Waals surface area contributed by atoms with Gasteiger partial charge in [-0.05, 0) is 54.7 Å². The maximum absolute atomic E-state index is 12.6. The van der Waals surface area contributed by atoms with Crippen molar-refractivity contribution in [2.24, 2.45) is 0 Å². The number of para-hydroxylation sites is 1. The largest absolute Gasteiger partial charge is 0.482 e. The second kappa shape index (κ2) is 11.1. The van der Waals surface area contributed by atoms with E-state index in [4.69, 9.17) is 9.47 Å². The summed E-state index contributed by atoms with van der Waals surface area (Å²) in [6.45, 7) is 6.45. The number of ether oxygens (including phenoxy) is 2. The van der Waals surface area contributed by atoms with Crippen LogP contribution in [0.15, 0.2) is 42.5 Å². The summed E-state index contributed by atoms with van der Waals surface area (Å²) in [5.41, 5.74) is 3.67. The molecule has 0 aliphatic carbocycles. The van der Waals surface area contributed by atoms with Gasteiger partial charge in [-0.2, -0.15) is 0 Å². The van der Waals surface area contributed by atoms with Crippen LogP contribution in [0.3, 0.4) is 0 Å². The fourth-order valence-electron chi connectivity index (χ4n) is 2.81. The molecule has 0 aliphatic rings. The fraction of sp³-hybridized carbons (Fsp3) is 0.391. The van der Waals surface area contributed by atoms with Crippen LogP contribution in [0.25, 0.3) is 0 Å². The number of esters is 1. The van der Waals surface area contributed by atoms with Gasteiger partial charge in [-0.15, -0.1) is 0 Å². The zero-order valence-corrected chi connectivity index (χ0v) is 16.9. The second-order valence-electron chi connectivity index (χ2n) is 6.50. The van der Waals surface area contributed by atoms with Gasteiger partial charge in [-0.3, -0.25) is 4.79 Å². The third-order valence-corrected chi connectivity index (χ3v) is 4.47.